The lowest BCUT2D eigenvalue weighted by Gasteiger charge is -2.03. The average Bonchev–Trinajstić information content (AvgIpc) is 2.37. The predicted octanol–water partition coefficient (Wildman–Crippen LogP) is 2.29. The van der Waals surface area contributed by atoms with E-state index in [1.54, 1.807) is 37.3 Å². The molecule has 0 fully saturated rings. The van der Waals surface area contributed by atoms with Crippen LogP contribution in [0.25, 0.3) is 10.8 Å². The van der Waals surface area contributed by atoms with E-state index in [0.717, 1.165) is 10.8 Å². The predicted molar refractivity (Wildman–Crippen MR) is 66.6 cm³/mol. The zero-order chi connectivity index (χ0) is 13.1. The van der Waals surface area contributed by atoms with Crippen molar-refractivity contribution < 1.29 is 19.4 Å². The summed E-state index contributed by atoms with van der Waals surface area (Å²) in [6, 6.07) is 9.64. The first-order chi connectivity index (χ1) is 8.61. The summed E-state index contributed by atoms with van der Waals surface area (Å²) in [5, 5.41) is 10.9. The molecule has 0 aliphatic rings. The van der Waals surface area contributed by atoms with Crippen molar-refractivity contribution in [1.82, 2.24) is 0 Å². The number of esters is 1. The highest BCUT2D eigenvalue weighted by molar-refractivity contribution is 6.40. The lowest BCUT2D eigenvalue weighted by Crippen LogP contribution is -2.17. The molecule has 4 heteroatoms. The molecule has 0 aliphatic carbocycles. The van der Waals surface area contributed by atoms with Crippen molar-refractivity contribution >= 4 is 22.5 Å². The van der Waals surface area contributed by atoms with E-state index in [-0.39, 0.29) is 17.9 Å². The highest BCUT2D eigenvalue weighted by atomic mass is 16.5. The number of hydrogen-bond acceptors (Lipinski definition) is 4. The number of benzene rings is 2. The first-order valence-corrected chi connectivity index (χ1v) is 5.56. The number of rotatable bonds is 3. The minimum atomic E-state index is -0.851. The number of phenols is 1. The van der Waals surface area contributed by atoms with Crippen LogP contribution in [0, 0.1) is 0 Å². The molecule has 2 aromatic rings. The summed E-state index contributed by atoms with van der Waals surface area (Å²) < 4.78 is 4.66. The van der Waals surface area contributed by atoms with Gasteiger partial charge in [0.25, 0.3) is 5.78 Å². The Morgan fingerprint density at radius 1 is 1.11 bits per heavy atom. The fourth-order valence-corrected chi connectivity index (χ4v) is 1.69. The van der Waals surface area contributed by atoms with Crippen LogP contribution in [0.4, 0.5) is 0 Å². The number of ether oxygens (including phenoxy) is 1. The van der Waals surface area contributed by atoms with Gasteiger partial charge in [-0.3, -0.25) is 4.79 Å². The van der Waals surface area contributed by atoms with Gasteiger partial charge < -0.3 is 9.84 Å². The maximum Gasteiger partial charge on any atom is 0.379 e. The molecule has 0 spiro atoms. The third kappa shape index (κ3) is 2.32. The molecule has 0 heterocycles. The standard InChI is InChI=1S/C14H12O4/c1-2-18-14(17)13(16)11-4-3-10-8-12(15)6-5-9(10)7-11/h3-8,15H,2H2,1H3. The maximum atomic E-state index is 11.7. The number of Topliss-reactive ketones (excluding diaryl/α,β-unsaturated/α-hetero) is 1. The topological polar surface area (TPSA) is 63.6 Å². The van der Waals surface area contributed by atoms with Crippen LogP contribution in [0.2, 0.25) is 0 Å². The molecule has 4 nitrogen and oxygen atoms in total. The number of hydrogen-bond donors (Lipinski definition) is 1. The molecule has 0 atom stereocenters. The van der Waals surface area contributed by atoms with E-state index in [1.807, 2.05) is 0 Å². The van der Waals surface area contributed by atoms with Gasteiger partial charge in [-0.2, -0.15) is 0 Å². The molecular weight excluding hydrogens is 232 g/mol. The molecule has 0 saturated carbocycles. The third-order valence-electron chi connectivity index (χ3n) is 2.55. The Hall–Kier alpha value is -2.36. The summed E-state index contributed by atoms with van der Waals surface area (Å²) in [5.41, 5.74) is 0.284. The fourth-order valence-electron chi connectivity index (χ4n) is 1.69. The number of fused-ring (bicyclic) bond motifs is 1. The van der Waals surface area contributed by atoms with Crippen molar-refractivity contribution in [1.29, 1.82) is 0 Å². The maximum absolute atomic E-state index is 11.7. The number of phenolic OH excluding ortho intramolecular Hbond substituents is 1. The Morgan fingerprint density at radius 3 is 2.50 bits per heavy atom. The molecule has 0 saturated heterocycles. The minimum absolute atomic E-state index is 0.159. The second-order valence-corrected chi connectivity index (χ2v) is 3.80. The van der Waals surface area contributed by atoms with E-state index in [9.17, 15) is 14.7 Å². The normalized spacial score (nSPS) is 10.3. The molecule has 0 aliphatic heterocycles. The van der Waals surface area contributed by atoms with E-state index >= 15 is 0 Å². The van der Waals surface area contributed by atoms with Gasteiger partial charge in [0.05, 0.1) is 6.61 Å². The van der Waals surface area contributed by atoms with Gasteiger partial charge in [-0.25, -0.2) is 4.79 Å². The Bertz CT molecular complexity index is 616. The Morgan fingerprint density at radius 2 is 1.78 bits per heavy atom. The zero-order valence-corrected chi connectivity index (χ0v) is 9.84. The SMILES string of the molecule is CCOC(=O)C(=O)c1ccc2cc(O)ccc2c1. The molecule has 92 valence electrons. The van der Waals surface area contributed by atoms with E-state index in [1.165, 1.54) is 6.07 Å². The fraction of sp³-hybridized carbons (Fsp3) is 0.143. The van der Waals surface area contributed by atoms with Crippen LogP contribution < -0.4 is 0 Å². The molecule has 0 aromatic heterocycles. The summed E-state index contributed by atoms with van der Waals surface area (Å²) in [6.45, 7) is 1.82. The molecular formula is C14H12O4. The average molecular weight is 244 g/mol. The van der Waals surface area contributed by atoms with Crippen molar-refractivity contribution in [2.45, 2.75) is 6.92 Å². The summed E-state index contributed by atoms with van der Waals surface area (Å²) in [5.74, 6) is -1.35. The quantitative estimate of drug-likeness (QED) is 0.511. The van der Waals surface area contributed by atoms with Crippen molar-refractivity contribution in [2.75, 3.05) is 6.61 Å². The van der Waals surface area contributed by atoms with Gasteiger partial charge in [0.1, 0.15) is 5.75 Å². The van der Waals surface area contributed by atoms with Gasteiger partial charge in [0.2, 0.25) is 0 Å². The smallest absolute Gasteiger partial charge is 0.379 e. The highest BCUT2D eigenvalue weighted by Gasteiger charge is 2.17. The van der Waals surface area contributed by atoms with Crippen LogP contribution in [0.15, 0.2) is 36.4 Å². The minimum Gasteiger partial charge on any atom is -0.508 e. The second kappa shape index (κ2) is 4.87. The first kappa shape index (κ1) is 12.1. The van der Waals surface area contributed by atoms with Crippen LogP contribution in [-0.4, -0.2) is 23.5 Å². The largest absolute Gasteiger partial charge is 0.508 e. The zero-order valence-electron chi connectivity index (χ0n) is 9.84. The Kier molecular flexibility index (Phi) is 3.28. The summed E-state index contributed by atoms with van der Waals surface area (Å²) >= 11 is 0. The monoisotopic (exact) mass is 244 g/mol. The third-order valence-corrected chi connectivity index (χ3v) is 2.55. The van der Waals surface area contributed by atoms with Crippen LogP contribution in [0.3, 0.4) is 0 Å². The van der Waals surface area contributed by atoms with Crippen molar-refractivity contribution in [3.05, 3.63) is 42.0 Å². The molecule has 0 radical (unpaired) electrons. The summed E-state index contributed by atoms with van der Waals surface area (Å²) in [6.07, 6.45) is 0. The van der Waals surface area contributed by atoms with Gasteiger partial charge in [-0.1, -0.05) is 18.2 Å². The molecule has 1 N–H and O–H groups in total. The molecule has 0 amide bonds. The van der Waals surface area contributed by atoms with Crippen molar-refractivity contribution in [3.63, 3.8) is 0 Å². The number of carbonyl (C=O) groups excluding carboxylic acids is 2. The number of aromatic hydroxyl groups is 1. The first-order valence-electron chi connectivity index (χ1n) is 5.56. The van der Waals surface area contributed by atoms with Crippen molar-refractivity contribution in [2.24, 2.45) is 0 Å². The molecule has 2 aromatic carbocycles. The Labute approximate surface area is 104 Å². The molecule has 18 heavy (non-hydrogen) atoms. The summed E-state index contributed by atoms with van der Waals surface area (Å²) in [4.78, 5) is 23.0. The van der Waals surface area contributed by atoms with Gasteiger partial charge in [0.15, 0.2) is 0 Å². The summed E-state index contributed by atoms with van der Waals surface area (Å²) in [7, 11) is 0. The highest BCUT2D eigenvalue weighted by Crippen LogP contribution is 2.21. The van der Waals surface area contributed by atoms with Crippen LogP contribution in [-0.2, 0) is 9.53 Å². The van der Waals surface area contributed by atoms with E-state index < -0.39 is 11.8 Å². The number of ketones is 1. The van der Waals surface area contributed by atoms with Gasteiger partial charge >= 0.3 is 5.97 Å². The second-order valence-electron chi connectivity index (χ2n) is 3.80. The lowest BCUT2D eigenvalue weighted by molar-refractivity contribution is -0.137. The van der Waals surface area contributed by atoms with Crippen LogP contribution in [0.1, 0.15) is 17.3 Å². The van der Waals surface area contributed by atoms with E-state index in [0.29, 0.717) is 0 Å². The van der Waals surface area contributed by atoms with Gasteiger partial charge in [0, 0.05) is 5.56 Å². The molecule has 0 bridgehead atoms. The molecule has 0 unspecified atom stereocenters. The van der Waals surface area contributed by atoms with E-state index in [2.05, 4.69) is 4.74 Å². The number of carbonyl (C=O) groups is 2. The van der Waals surface area contributed by atoms with Crippen molar-refractivity contribution in [3.8, 4) is 5.75 Å². The van der Waals surface area contributed by atoms with Crippen LogP contribution >= 0.6 is 0 Å². The van der Waals surface area contributed by atoms with E-state index in [4.69, 9.17) is 0 Å². The van der Waals surface area contributed by atoms with Crippen LogP contribution in [0.5, 0.6) is 5.75 Å². The van der Waals surface area contributed by atoms with Gasteiger partial charge in [-0.05, 0) is 35.9 Å². The molecule has 2 rings (SSSR count). The lowest BCUT2D eigenvalue weighted by atomic mass is 10.0. The van der Waals surface area contributed by atoms with Gasteiger partial charge in [-0.15, -0.1) is 0 Å². The Balaban J connectivity index is 2.38.